The van der Waals surface area contributed by atoms with Crippen molar-refractivity contribution in [2.45, 2.75) is 52.1 Å². The Morgan fingerprint density at radius 2 is 2.29 bits per heavy atom. The van der Waals surface area contributed by atoms with Crippen LogP contribution in [0.1, 0.15) is 46.5 Å². The van der Waals surface area contributed by atoms with Crippen molar-refractivity contribution in [2.24, 2.45) is 17.8 Å². The van der Waals surface area contributed by atoms with Crippen molar-refractivity contribution in [3.63, 3.8) is 0 Å². The van der Waals surface area contributed by atoms with E-state index in [0.717, 1.165) is 19.3 Å². The third kappa shape index (κ3) is 2.21. The standard InChI is InChI=1S/C15H24O2/c1-10(2)12-7-8-15(4,17-16)14-6-5-11(3)13(14)9-12/h6,11-13,16H,1,5,7-9H2,2-4H3. The van der Waals surface area contributed by atoms with Crippen molar-refractivity contribution >= 4 is 0 Å². The molecule has 0 saturated heterocycles. The number of allylic oxidation sites excluding steroid dienone is 2. The van der Waals surface area contributed by atoms with E-state index in [4.69, 9.17) is 4.89 Å². The zero-order valence-corrected chi connectivity index (χ0v) is 11.2. The molecule has 0 aromatic heterocycles. The largest absolute Gasteiger partial charge is 0.251 e. The smallest absolute Gasteiger partial charge is 0.122 e. The van der Waals surface area contributed by atoms with E-state index in [0.29, 0.717) is 17.8 Å². The van der Waals surface area contributed by atoms with Crippen molar-refractivity contribution in [3.8, 4) is 0 Å². The Hall–Kier alpha value is -0.600. The van der Waals surface area contributed by atoms with Crippen molar-refractivity contribution in [1.29, 1.82) is 0 Å². The molecular formula is C15H24O2. The molecule has 2 aliphatic carbocycles. The summed E-state index contributed by atoms with van der Waals surface area (Å²) in [6, 6.07) is 0. The lowest BCUT2D eigenvalue weighted by Crippen LogP contribution is -2.32. The fraction of sp³-hybridized carbons (Fsp3) is 0.733. The highest BCUT2D eigenvalue weighted by Crippen LogP contribution is 2.48. The SMILES string of the molecule is C=C(C)C1CCC(C)(OO)C2=CCC(C)C2C1. The first-order valence-corrected chi connectivity index (χ1v) is 6.66. The molecule has 0 heterocycles. The van der Waals surface area contributed by atoms with Gasteiger partial charge in [-0.3, -0.25) is 5.26 Å². The molecule has 1 fully saturated rings. The lowest BCUT2D eigenvalue weighted by Gasteiger charge is -2.30. The second-order valence-corrected chi connectivity index (χ2v) is 6.12. The lowest BCUT2D eigenvalue weighted by molar-refractivity contribution is -0.308. The fourth-order valence-electron chi connectivity index (χ4n) is 3.47. The van der Waals surface area contributed by atoms with Crippen LogP contribution in [0.15, 0.2) is 23.8 Å². The van der Waals surface area contributed by atoms with Crippen LogP contribution in [0.4, 0.5) is 0 Å². The van der Waals surface area contributed by atoms with E-state index in [1.807, 2.05) is 6.92 Å². The summed E-state index contributed by atoms with van der Waals surface area (Å²) in [5, 5.41) is 9.27. The number of fused-ring (bicyclic) bond motifs is 1. The van der Waals surface area contributed by atoms with Crippen LogP contribution >= 0.6 is 0 Å². The molecule has 0 aliphatic heterocycles. The topological polar surface area (TPSA) is 29.5 Å². The second-order valence-electron chi connectivity index (χ2n) is 6.12. The predicted molar refractivity (Wildman–Crippen MR) is 69.6 cm³/mol. The third-order valence-corrected chi connectivity index (χ3v) is 4.81. The molecule has 1 saturated carbocycles. The van der Waals surface area contributed by atoms with E-state index in [1.165, 1.54) is 17.6 Å². The summed E-state index contributed by atoms with van der Waals surface area (Å²) in [6.45, 7) is 10.5. The van der Waals surface area contributed by atoms with E-state index in [-0.39, 0.29) is 0 Å². The number of hydrogen-bond donors (Lipinski definition) is 1. The Morgan fingerprint density at radius 1 is 1.59 bits per heavy atom. The van der Waals surface area contributed by atoms with Gasteiger partial charge in [0.25, 0.3) is 0 Å². The lowest BCUT2D eigenvalue weighted by atomic mass is 9.81. The Morgan fingerprint density at radius 3 is 2.88 bits per heavy atom. The molecule has 0 spiro atoms. The van der Waals surface area contributed by atoms with Gasteiger partial charge in [-0.15, -0.1) is 0 Å². The van der Waals surface area contributed by atoms with Gasteiger partial charge in [0.2, 0.25) is 0 Å². The van der Waals surface area contributed by atoms with Crippen molar-refractivity contribution in [2.75, 3.05) is 0 Å². The Kier molecular flexibility index (Phi) is 3.46. The molecule has 2 heteroatoms. The third-order valence-electron chi connectivity index (χ3n) is 4.81. The van der Waals surface area contributed by atoms with Gasteiger partial charge in [0, 0.05) is 0 Å². The van der Waals surface area contributed by atoms with Crippen molar-refractivity contribution < 1.29 is 10.1 Å². The molecule has 0 radical (unpaired) electrons. The monoisotopic (exact) mass is 236 g/mol. The van der Waals surface area contributed by atoms with Gasteiger partial charge in [-0.1, -0.05) is 25.2 Å². The molecule has 96 valence electrons. The quantitative estimate of drug-likeness (QED) is 0.442. The second kappa shape index (κ2) is 4.58. The molecule has 4 unspecified atom stereocenters. The molecule has 0 bridgehead atoms. The highest BCUT2D eigenvalue weighted by Gasteiger charge is 2.43. The molecule has 4 atom stereocenters. The van der Waals surface area contributed by atoms with E-state index in [1.54, 1.807) is 0 Å². The molecular weight excluding hydrogens is 212 g/mol. The maximum Gasteiger partial charge on any atom is 0.122 e. The first kappa shape index (κ1) is 12.8. The summed E-state index contributed by atoms with van der Waals surface area (Å²) >= 11 is 0. The minimum atomic E-state index is -0.473. The van der Waals surface area contributed by atoms with Crippen LogP contribution < -0.4 is 0 Å². The van der Waals surface area contributed by atoms with Gasteiger partial charge < -0.3 is 0 Å². The van der Waals surface area contributed by atoms with Crippen LogP contribution in [0.25, 0.3) is 0 Å². The van der Waals surface area contributed by atoms with E-state index in [9.17, 15) is 5.26 Å². The molecule has 0 aromatic carbocycles. The van der Waals surface area contributed by atoms with Crippen molar-refractivity contribution in [1.82, 2.24) is 0 Å². The van der Waals surface area contributed by atoms with Crippen LogP contribution in [0.2, 0.25) is 0 Å². The maximum absolute atomic E-state index is 9.27. The van der Waals surface area contributed by atoms with Crippen LogP contribution in [0.3, 0.4) is 0 Å². The van der Waals surface area contributed by atoms with Crippen molar-refractivity contribution in [3.05, 3.63) is 23.8 Å². The molecule has 1 N–H and O–H groups in total. The normalized spacial score (nSPS) is 41.6. The molecule has 17 heavy (non-hydrogen) atoms. The molecule has 0 amide bonds. The molecule has 2 nitrogen and oxygen atoms in total. The van der Waals surface area contributed by atoms with Gasteiger partial charge in [0.15, 0.2) is 0 Å². The Bertz CT molecular complexity index is 345. The van der Waals surface area contributed by atoms with Gasteiger partial charge in [-0.05, 0) is 62.9 Å². The first-order chi connectivity index (χ1) is 7.98. The molecule has 0 aromatic rings. The highest BCUT2D eigenvalue weighted by molar-refractivity contribution is 5.27. The van der Waals surface area contributed by atoms with Crippen LogP contribution in [-0.4, -0.2) is 10.9 Å². The molecule has 2 aliphatic rings. The van der Waals surface area contributed by atoms with Gasteiger partial charge >= 0.3 is 0 Å². The number of hydrogen-bond acceptors (Lipinski definition) is 2. The predicted octanol–water partition coefficient (Wildman–Crippen LogP) is 4.19. The minimum Gasteiger partial charge on any atom is -0.251 e. The summed E-state index contributed by atoms with van der Waals surface area (Å²) in [7, 11) is 0. The van der Waals surface area contributed by atoms with Gasteiger partial charge in [0.1, 0.15) is 5.60 Å². The maximum atomic E-state index is 9.27. The van der Waals surface area contributed by atoms with E-state index >= 15 is 0 Å². The fourth-order valence-corrected chi connectivity index (χ4v) is 3.47. The average Bonchev–Trinajstić information content (AvgIpc) is 2.57. The Balaban J connectivity index is 2.29. The van der Waals surface area contributed by atoms with Gasteiger partial charge in [-0.25, -0.2) is 4.89 Å². The summed E-state index contributed by atoms with van der Waals surface area (Å²) in [5.74, 6) is 1.79. The zero-order chi connectivity index (χ0) is 12.6. The van der Waals surface area contributed by atoms with E-state index in [2.05, 4.69) is 26.5 Å². The number of rotatable bonds is 2. The minimum absolute atomic E-state index is 0.473. The van der Waals surface area contributed by atoms with Crippen LogP contribution in [0.5, 0.6) is 0 Å². The Labute approximate surface area is 104 Å². The highest BCUT2D eigenvalue weighted by atomic mass is 17.1. The van der Waals surface area contributed by atoms with Crippen LogP contribution in [-0.2, 0) is 4.89 Å². The van der Waals surface area contributed by atoms with Gasteiger partial charge in [0.05, 0.1) is 0 Å². The summed E-state index contributed by atoms with van der Waals surface area (Å²) < 4.78 is 0. The molecule has 2 rings (SSSR count). The average molecular weight is 236 g/mol. The summed E-state index contributed by atoms with van der Waals surface area (Å²) in [5.41, 5.74) is 2.11. The van der Waals surface area contributed by atoms with E-state index < -0.39 is 5.60 Å². The summed E-state index contributed by atoms with van der Waals surface area (Å²) in [4.78, 5) is 4.85. The zero-order valence-electron chi connectivity index (χ0n) is 11.2. The summed E-state index contributed by atoms with van der Waals surface area (Å²) in [6.07, 6.45) is 6.51. The van der Waals surface area contributed by atoms with Crippen LogP contribution in [0, 0.1) is 17.8 Å². The van der Waals surface area contributed by atoms with Gasteiger partial charge in [-0.2, -0.15) is 0 Å². The first-order valence-electron chi connectivity index (χ1n) is 6.66.